The zero-order valence-electron chi connectivity index (χ0n) is 8.45. The van der Waals surface area contributed by atoms with Crippen LogP contribution in [-0.4, -0.2) is 17.6 Å². The van der Waals surface area contributed by atoms with Gasteiger partial charge in [0.25, 0.3) is 0 Å². The van der Waals surface area contributed by atoms with Gasteiger partial charge in [0.15, 0.2) is 11.6 Å². The van der Waals surface area contributed by atoms with Crippen LogP contribution in [-0.2, 0) is 0 Å². The van der Waals surface area contributed by atoms with Crippen molar-refractivity contribution >= 4 is 5.82 Å². The maximum Gasteiger partial charge on any atom is 0.169 e. The Morgan fingerprint density at radius 1 is 1.64 bits per heavy atom. The summed E-state index contributed by atoms with van der Waals surface area (Å²) < 4.78 is 5.55. The van der Waals surface area contributed by atoms with E-state index in [-0.39, 0.29) is 6.10 Å². The zero-order chi connectivity index (χ0) is 10.4. The Morgan fingerprint density at radius 3 is 3.07 bits per heavy atom. The summed E-state index contributed by atoms with van der Waals surface area (Å²) >= 11 is 0. The van der Waals surface area contributed by atoms with Crippen LogP contribution >= 0.6 is 0 Å². The molecule has 0 saturated carbocycles. The molecule has 0 atom stereocenters. The van der Waals surface area contributed by atoms with Gasteiger partial charge in [-0.25, -0.2) is 4.98 Å². The lowest BCUT2D eigenvalue weighted by molar-refractivity contribution is 0.243. The third-order valence-electron chi connectivity index (χ3n) is 1.49. The lowest BCUT2D eigenvalue weighted by Gasteiger charge is -2.13. The Morgan fingerprint density at radius 2 is 2.43 bits per heavy atom. The average molecular weight is 190 g/mol. The summed E-state index contributed by atoms with van der Waals surface area (Å²) in [5.41, 5.74) is 0. The van der Waals surface area contributed by atoms with Crippen molar-refractivity contribution < 1.29 is 4.74 Å². The molecule has 0 unspecified atom stereocenters. The second-order valence-electron chi connectivity index (χ2n) is 3.07. The first-order valence-electron chi connectivity index (χ1n) is 4.53. The van der Waals surface area contributed by atoms with Crippen molar-refractivity contribution in [1.29, 1.82) is 0 Å². The zero-order valence-corrected chi connectivity index (χ0v) is 8.45. The molecule has 74 valence electrons. The third-order valence-corrected chi connectivity index (χ3v) is 1.49. The van der Waals surface area contributed by atoms with Crippen LogP contribution in [0.4, 0.5) is 5.82 Å². The monoisotopic (exact) mass is 190 g/mol. The number of nitrogens with one attached hydrogen (secondary N) is 1. The molecule has 0 aliphatic rings. The SMILES string of the molecule is C#CCNc1ncccc1OC(C)C. The quantitative estimate of drug-likeness (QED) is 0.736. The summed E-state index contributed by atoms with van der Waals surface area (Å²) in [5, 5.41) is 3.00. The molecular weight excluding hydrogens is 176 g/mol. The molecule has 0 radical (unpaired) electrons. The molecule has 3 nitrogen and oxygen atoms in total. The Balaban J connectivity index is 2.76. The van der Waals surface area contributed by atoms with Crippen LogP contribution in [0.25, 0.3) is 0 Å². The number of rotatable bonds is 4. The second kappa shape index (κ2) is 5.13. The molecule has 0 aliphatic carbocycles. The molecule has 14 heavy (non-hydrogen) atoms. The first kappa shape index (κ1) is 10.4. The molecule has 1 heterocycles. The molecule has 1 N–H and O–H groups in total. The van der Waals surface area contributed by atoms with E-state index in [0.717, 1.165) is 5.75 Å². The Bertz CT molecular complexity index is 328. The molecule has 0 fully saturated rings. The molecule has 1 aromatic rings. The molecule has 0 spiro atoms. The molecule has 0 aliphatic heterocycles. The minimum absolute atomic E-state index is 0.130. The predicted molar refractivity (Wildman–Crippen MR) is 57.3 cm³/mol. The van der Waals surface area contributed by atoms with Crippen molar-refractivity contribution in [2.24, 2.45) is 0 Å². The topological polar surface area (TPSA) is 34.2 Å². The highest BCUT2D eigenvalue weighted by Gasteiger charge is 2.04. The molecule has 1 aromatic heterocycles. The summed E-state index contributed by atoms with van der Waals surface area (Å²) in [6.07, 6.45) is 6.98. The van der Waals surface area contributed by atoms with Gasteiger partial charge in [-0.2, -0.15) is 0 Å². The van der Waals surface area contributed by atoms with Crippen molar-refractivity contribution in [3.63, 3.8) is 0 Å². The standard InChI is InChI=1S/C11H14N2O/c1-4-7-12-11-10(14-9(2)3)6-5-8-13-11/h1,5-6,8-9H,7H2,2-3H3,(H,12,13). The van der Waals surface area contributed by atoms with Gasteiger partial charge in [0, 0.05) is 6.20 Å². The number of pyridine rings is 1. The molecule has 1 rings (SSSR count). The minimum Gasteiger partial charge on any atom is -0.487 e. The number of terminal acetylenes is 1. The highest BCUT2D eigenvalue weighted by molar-refractivity contribution is 5.50. The van der Waals surface area contributed by atoms with Crippen LogP contribution in [0.5, 0.6) is 5.75 Å². The number of hydrogen-bond acceptors (Lipinski definition) is 3. The number of ether oxygens (including phenoxy) is 1. The maximum atomic E-state index is 5.55. The van der Waals surface area contributed by atoms with Gasteiger partial charge in [-0.15, -0.1) is 6.42 Å². The van der Waals surface area contributed by atoms with Crippen molar-refractivity contribution in [3.05, 3.63) is 18.3 Å². The number of aromatic nitrogens is 1. The first-order valence-corrected chi connectivity index (χ1v) is 4.53. The predicted octanol–water partition coefficient (Wildman–Crippen LogP) is 1.91. The van der Waals surface area contributed by atoms with Crippen LogP contribution in [0.2, 0.25) is 0 Å². The normalized spacial score (nSPS) is 9.57. The van der Waals surface area contributed by atoms with Gasteiger partial charge >= 0.3 is 0 Å². The van der Waals surface area contributed by atoms with Crippen LogP contribution in [0.3, 0.4) is 0 Å². The molecule has 0 amide bonds. The first-order chi connectivity index (χ1) is 6.74. The minimum atomic E-state index is 0.130. The summed E-state index contributed by atoms with van der Waals surface area (Å²) in [6, 6.07) is 3.70. The molecule has 3 heteroatoms. The summed E-state index contributed by atoms with van der Waals surface area (Å²) in [6.45, 7) is 4.39. The van der Waals surface area contributed by atoms with Gasteiger partial charge in [0.2, 0.25) is 0 Å². The van der Waals surface area contributed by atoms with E-state index in [0.29, 0.717) is 12.4 Å². The Hall–Kier alpha value is -1.69. The lowest BCUT2D eigenvalue weighted by atomic mass is 10.4. The number of nitrogens with zero attached hydrogens (tertiary/aromatic N) is 1. The van der Waals surface area contributed by atoms with E-state index in [9.17, 15) is 0 Å². The van der Waals surface area contributed by atoms with Gasteiger partial charge in [-0.05, 0) is 26.0 Å². The van der Waals surface area contributed by atoms with E-state index in [1.54, 1.807) is 6.20 Å². The highest BCUT2D eigenvalue weighted by atomic mass is 16.5. The van der Waals surface area contributed by atoms with Gasteiger partial charge in [0.1, 0.15) is 0 Å². The van der Waals surface area contributed by atoms with E-state index in [2.05, 4.69) is 16.2 Å². The summed E-state index contributed by atoms with van der Waals surface area (Å²) in [5.74, 6) is 3.92. The molecule has 0 saturated heterocycles. The molecule has 0 aromatic carbocycles. The van der Waals surface area contributed by atoms with Gasteiger partial charge in [-0.3, -0.25) is 0 Å². The Labute approximate surface area is 84.5 Å². The van der Waals surface area contributed by atoms with Gasteiger partial charge in [-0.1, -0.05) is 5.92 Å². The van der Waals surface area contributed by atoms with E-state index in [1.165, 1.54) is 0 Å². The summed E-state index contributed by atoms with van der Waals surface area (Å²) in [4.78, 5) is 4.14. The van der Waals surface area contributed by atoms with Crippen molar-refractivity contribution in [3.8, 4) is 18.1 Å². The van der Waals surface area contributed by atoms with Crippen molar-refractivity contribution in [2.75, 3.05) is 11.9 Å². The highest BCUT2D eigenvalue weighted by Crippen LogP contribution is 2.21. The fraction of sp³-hybridized carbons (Fsp3) is 0.364. The van der Waals surface area contributed by atoms with Crippen LogP contribution in [0.15, 0.2) is 18.3 Å². The number of anilines is 1. The Kier molecular flexibility index (Phi) is 3.81. The average Bonchev–Trinajstić information content (AvgIpc) is 2.16. The lowest BCUT2D eigenvalue weighted by Crippen LogP contribution is -2.09. The second-order valence-corrected chi connectivity index (χ2v) is 3.07. The van der Waals surface area contributed by atoms with Gasteiger partial charge < -0.3 is 10.1 Å². The van der Waals surface area contributed by atoms with E-state index >= 15 is 0 Å². The summed E-state index contributed by atoms with van der Waals surface area (Å²) in [7, 11) is 0. The fourth-order valence-electron chi connectivity index (χ4n) is 1.01. The third kappa shape index (κ3) is 2.98. The van der Waals surface area contributed by atoms with E-state index in [1.807, 2.05) is 26.0 Å². The van der Waals surface area contributed by atoms with Crippen molar-refractivity contribution in [1.82, 2.24) is 4.98 Å². The molecule has 0 bridgehead atoms. The van der Waals surface area contributed by atoms with E-state index in [4.69, 9.17) is 11.2 Å². The van der Waals surface area contributed by atoms with Crippen LogP contribution in [0.1, 0.15) is 13.8 Å². The molecular formula is C11H14N2O. The van der Waals surface area contributed by atoms with E-state index < -0.39 is 0 Å². The fourth-order valence-corrected chi connectivity index (χ4v) is 1.01. The van der Waals surface area contributed by atoms with Crippen molar-refractivity contribution in [2.45, 2.75) is 20.0 Å². The van der Waals surface area contributed by atoms with Crippen LogP contribution in [0, 0.1) is 12.3 Å². The maximum absolute atomic E-state index is 5.55. The van der Waals surface area contributed by atoms with Gasteiger partial charge in [0.05, 0.1) is 12.6 Å². The smallest absolute Gasteiger partial charge is 0.169 e. The largest absolute Gasteiger partial charge is 0.487 e. The number of hydrogen-bond donors (Lipinski definition) is 1. The van der Waals surface area contributed by atoms with Crippen LogP contribution < -0.4 is 10.1 Å².